The van der Waals surface area contributed by atoms with Crippen molar-refractivity contribution in [2.24, 2.45) is 0 Å². The van der Waals surface area contributed by atoms with E-state index in [-0.39, 0.29) is 18.4 Å². The van der Waals surface area contributed by atoms with Crippen molar-refractivity contribution < 1.29 is 18.8 Å². The molecule has 2 saturated heterocycles. The summed E-state index contributed by atoms with van der Waals surface area (Å²) < 4.78 is 13.2. The van der Waals surface area contributed by atoms with Crippen LogP contribution in [0.2, 0.25) is 0 Å². The van der Waals surface area contributed by atoms with Crippen LogP contribution < -0.4 is 10.6 Å². The number of rotatable bonds is 1. The third kappa shape index (κ3) is 2.96. The lowest BCUT2D eigenvalue weighted by Crippen LogP contribution is -2.69. The first-order chi connectivity index (χ1) is 11.0. The smallest absolute Gasteiger partial charge is 0.321 e. The van der Waals surface area contributed by atoms with E-state index in [4.69, 9.17) is 0 Å². The monoisotopic (exact) mass is 320 g/mol. The summed E-state index contributed by atoms with van der Waals surface area (Å²) in [5, 5.41) is 5.20. The summed E-state index contributed by atoms with van der Waals surface area (Å²) in [7, 11) is 0. The van der Waals surface area contributed by atoms with Gasteiger partial charge in [-0.25, -0.2) is 9.18 Å². The van der Waals surface area contributed by atoms with Gasteiger partial charge in [0.25, 0.3) is 0 Å². The highest BCUT2D eigenvalue weighted by molar-refractivity contribution is 5.98. The van der Waals surface area contributed by atoms with E-state index in [1.807, 2.05) is 0 Å². The van der Waals surface area contributed by atoms with Crippen molar-refractivity contribution >= 4 is 23.5 Å². The summed E-state index contributed by atoms with van der Waals surface area (Å²) in [6.45, 7) is 2.38. The van der Waals surface area contributed by atoms with Crippen molar-refractivity contribution in [3.63, 3.8) is 0 Å². The van der Waals surface area contributed by atoms with Gasteiger partial charge in [-0.3, -0.25) is 9.59 Å². The van der Waals surface area contributed by atoms with Crippen LogP contribution >= 0.6 is 0 Å². The Morgan fingerprint density at radius 3 is 2.87 bits per heavy atom. The first-order valence-corrected chi connectivity index (χ1v) is 7.38. The Labute approximate surface area is 132 Å². The number of carbonyl (C=O) groups excluding carboxylic acids is 3. The van der Waals surface area contributed by atoms with Crippen molar-refractivity contribution in [1.29, 1.82) is 0 Å². The molecule has 1 aromatic rings. The molecule has 0 saturated carbocycles. The number of nitrogens with one attached hydrogen (secondary N) is 2. The highest BCUT2D eigenvalue weighted by Crippen LogP contribution is 2.17. The Morgan fingerprint density at radius 1 is 1.35 bits per heavy atom. The Morgan fingerprint density at radius 2 is 2.13 bits per heavy atom. The van der Waals surface area contributed by atoms with Crippen molar-refractivity contribution in [2.75, 3.05) is 25.0 Å². The molecule has 8 heteroatoms. The molecule has 2 aliphatic rings. The second-order valence-electron chi connectivity index (χ2n) is 5.66. The van der Waals surface area contributed by atoms with E-state index in [9.17, 15) is 18.8 Å². The number of fused-ring (bicyclic) bond motifs is 1. The lowest BCUT2D eigenvalue weighted by atomic mass is 10.1. The molecule has 0 unspecified atom stereocenters. The average Bonchev–Trinajstić information content (AvgIpc) is 2.52. The van der Waals surface area contributed by atoms with Crippen molar-refractivity contribution in [3.05, 3.63) is 30.1 Å². The molecule has 4 amide bonds. The molecular weight excluding hydrogens is 303 g/mol. The van der Waals surface area contributed by atoms with Crippen LogP contribution in [0.4, 0.5) is 14.9 Å². The van der Waals surface area contributed by atoms with Gasteiger partial charge in [0.15, 0.2) is 0 Å². The minimum absolute atomic E-state index is 0.117. The van der Waals surface area contributed by atoms with Gasteiger partial charge in [0, 0.05) is 18.8 Å². The molecule has 0 spiro atoms. The minimum atomic E-state index is -0.675. The van der Waals surface area contributed by atoms with Crippen LogP contribution in [-0.4, -0.2) is 59.4 Å². The Bertz CT molecular complexity index is 666. The normalized spacial score (nSPS) is 24.1. The van der Waals surface area contributed by atoms with Crippen LogP contribution in [0.5, 0.6) is 0 Å². The van der Waals surface area contributed by atoms with Gasteiger partial charge in [-0.1, -0.05) is 6.07 Å². The summed E-state index contributed by atoms with van der Waals surface area (Å²) in [5.74, 6) is -0.848. The Kier molecular flexibility index (Phi) is 3.89. The zero-order valence-corrected chi connectivity index (χ0v) is 12.6. The highest BCUT2D eigenvalue weighted by atomic mass is 19.1. The fourth-order valence-electron chi connectivity index (χ4n) is 2.84. The van der Waals surface area contributed by atoms with E-state index in [1.54, 1.807) is 13.0 Å². The maximum atomic E-state index is 13.2. The van der Waals surface area contributed by atoms with Crippen LogP contribution in [0.3, 0.4) is 0 Å². The number of urea groups is 1. The molecular formula is C15H17FN4O3. The van der Waals surface area contributed by atoms with E-state index >= 15 is 0 Å². The molecule has 7 nitrogen and oxygen atoms in total. The molecule has 0 aromatic heterocycles. The predicted octanol–water partition coefficient (Wildman–Crippen LogP) is 0.389. The summed E-state index contributed by atoms with van der Waals surface area (Å²) in [5.41, 5.74) is 0.343. The van der Waals surface area contributed by atoms with Gasteiger partial charge >= 0.3 is 6.03 Å². The second-order valence-corrected chi connectivity index (χ2v) is 5.66. The number of halogens is 1. The van der Waals surface area contributed by atoms with E-state index in [0.717, 1.165) is 0 Å². The number of benzene rings is 1. The van der Waals surface area contributed by atoms with Crippen molar-refractivity contribution in [1.82, 2.24) is 15.1 Å². The Hall–Kier alpha value is -2.64. The van der Waals surface area contributed by atoms with Crippen LogP contribution in [0.1, 0.15) is 6.92 Å². The largest absolute Gasteiger partial charge is 0.343 e. The van der Waals surface area contributed by atoms with Crippen molar-refractivity contribution in [3.8, 4) is 0 Å². The number of piperazine rings is 2. The third-order valence-electron chi connectivity index (χ3n) is 4.06. The molecule has 122 valence electrons. The van der Waals surface area contributed by atoms with E-state index in [0.29, 0.717) is 18.8 Å². The van der Waals surface area contributed by atoms with Gasteiger partial charge in [0.2, 0.25) is 11.8 Å². The number of amides is 4. The minimum Gasteiger partial charge on any atom is -0.343 e. The number of hydrogen-bond acceptors (Lipinski definition) is 3. The summed E-state index contributed by atoms with van der Waals surface area (Å²) in [6, 6.07) is 3.94. The van der Waals surface area contributed by atoms with E-state index in [2.05, 4.69) is 10.6 Å². The number of carbonyl (C=O) groups is 3. The highest BCUT2D eigenvalue weighted by Gasteiger charge is 2.42. The molecule has 2 fully saturated rings. The van der Waals surface area contributed by atoms with Gasteiger partial charge in [-0.05, 0) is 25.1 Å². The van der Waals surface area contributed by atoms with Gasteiger partial charge in [0.1, 0.15) is 17.9 Å². The molecule has 23 heavy (non-hydrogen) atoms. The molecule has 3 rings (SSSR count). The quantitative estimate of drug-likeness (QED) is 0.785. The first-order valence-electron chi connectivity index (χ1n) is 7.38. The summed E-state index contributed by atoms with van der Waals surface area (Å²) in [4.78, 5) is 39.3. The van der Waals surface area contributed by atoms with Gasteiger partial charge in [-0.2, -0.15) is 0 Å². The fourth-order valence-corrected chi connectivity index (χ4v) is 2.84. The molecule has 1 aromatic carbocycles. The van der Waals surface area contributed by atoms with Crippen LogP contribution in [-0.2, 0) is 9.59 Å². The van der Waals surface area contributed by atoms with E-state index < -0.39 is 23.9 Å². The molecule has 0 aliphatic carbocycles. The van der Waals surface area contributed by atoms with Crippen LogP contribution in [0.25, 0.3) is 0 Å². The maximum absolute atomic E-state index is 13.2. The van der Waals surface area contributed by atoms with E-state index in [1.165, 1.54) is 28.0 Å². The van der Waals surface area contributed by atoms with Gasteiger partial charge < -0.3 is 20.4 Å². The fraction of sp³-hybridized carbons (Fsp3) is 0.400. The predicted molar refractivity (Wildman–Crippen MR) is 80.1 cm³/mol. The molecule has 0 radical (unpaired) electrons. The van der Waals surface area contributed by atoms with Crippen LogP contribution in [0.15, 0.2) is 24.3 Å². The standard InChI is InChI=1S/C15H17FN4O3/c1-9-14(22)20-6-5-19(8-12(20)13(21)17-9)15(23)18-11-4-2-3-10(16)7-11/h2-4,7,9,12H,5-6,8H2,1H3,(H,17,21)(H,18,23)/t9-,12-/m1/s1. The molecule has 2 atom stereocenters. The van der Waals surface area contributed by atoms with Gasteiger partial charge in [-0.15, -0.1) is 0 Å². The second kappa shape index (κ2) is 5.86. The summed E-state index contributed by atoms with van der Waals surface area (Å²) >= 11 is 0. The average molecular weight is 320 g/mol. The number of nitrogens with zero attached hydrogens (tertiary/aromatic N) is 2. The first kappa shape index (κ1) is 15.3. The molecule has 0 bridgehead atoms. The number of hydrogen-bond donors (Lipinski definition) is 2. The lowest BCUT2D eigenvalue weighted by Gasteiger charge is -2.44. The zero-order valence-electron chi connectivity index (χ0n) is 12.6. The lowest BCUT2D eigenvalue weighted by molar-refractivity contribution is -0.151. The SMILES string of the molecule is C[C@H]1NC(=O)[C@H]2CN(C(=O)Nc3cccc(F)c3)CCN2C1=O. The summed E-state index contributed by atoms with van der Waals surface area (Å²) in [6.07, 6.45) is 0. The van der Waals surface area contributed by atoms with Crippen LogP contribution in [0, 0.1) is 5.82 Å². The topological polar surface area (TPSA) is 81.8 Å². The molecule has 2 aliphatic heterocycles. The zero-order chi connectivity index (χ0) is 16.6. The van der Waals surface area contributed by atoms with Gasteiger partial charge in [0.05, 0.1) is 6.54 Å². The van der Waals surface area contributed by atoms with Crippen molar-refractivity contribution in [2.45, 2.75) is 19.0 Å². The molecule has 2 heterocycles. The maximum Gasteiger partial charge on any atom is 0.321 e. The third-order valence-corrected chi connectivity index (χ3v) is 4.06. The molecule has 2 N–H and O–H groups in total. The number of anilines is 1. The Balaban J connectivity index is 1.68.